The zero-order valence-electron chi connectivity index (χ0n) is 44.7. The molecule has 3 amide bonds. The van der Waals surface area contributed by atoms with Crippen molar-refractivity contribution in [2.24, 2.45) is 11.8 Å². The van der Waals surface area contributed by atoms with Gasteiger partial charge in [0.15, 0.2) is 0 Å². The smallest absolute Gasteiger partial charge is 0.408 e. The summed E-state index contributed by atoms with van der Waals surface area (Å²) >= 11 is 17.4. The molecular weight excluding hydrogens is 1100 g/mol. The van der Waals surface area contributed by atoms with Crippen molar-refractivity contribution in [1.82, 2.24) is 30.9 Å². The van der Waals surface area contributed by atoms with Crippen molar-refractivity contribution in [3.8, 4) is 0 Å². The van der Waals surface area contributed by atoms with Gasteiger partial charge >= 0.3 is 30.2 Å². The van der Waals surface area contributed by atoms with E-state index in [0.29, 0.717) is 69.0 Å². The number of aromatic nitrogens is 3. The first-order chi connectivity index (χ1) is 33.7. The maximum absolute atomic E-state index is 11.9. The van der Waals surface area contributed by atoms with E-state index >= 15 is 0 Å². The monoisotopic (exact) mass is 1190 g/mol. The molecule has 16 nitrogen and oxygen atoms in total. The fourth-order valence-corrected chi connectivity index (χ4v) is 9.62. The first kappa shape index (κ1) is 69.2. The zero-order valence-corrected chi connectivity index (χ0v) is 51.4. The summed E-state index contributed by atoms with van der Waals surface area (Å²) in [6, 6.07) is 0. The van der Waals surface area contributed by atoms with Crippen LogP contribution >= 0.6 is 87.0 Å². The van der Waals surface area contributed by atoms with E-state index in [1.54, 1.807) is 30.4 Å². The van der Waals surface area contributed by atoms with Crippen LogP contribution in [0.5, 0.6) is 0 Å². The van der Waals surface area contributed by atoms with Gasteiger partial charge in [-0.15, -0.1) is 58.4 Å². The maximum atomic E-state index is 11.9. The Kier molecular flexibility index (Phi) is 37.2. The molecule has 3 N–H and O–H groups in total. The maximum Gasteiger partial charge on any atom is 0.408 e. The second-order valence-corrected chi connectivity index (χ2v) is 26.4. The number of nitrogens with zero attached hydrogens (tertiary/aromatic N) is 3. The summed E-state index contributed by atoms with van der Waals surface area (Å²) in [5.41, 5.74) is -1.45. The van der Waals surface area contributed by atoms with Crippen molar-refractivity contribution in [2.75, 3.05) is 24.7 Å². The number of hydrogen-bond donors (Lipinski definition) is 5. The molecule has 3 rings (SSSR count). The highest BCUT2D eigenvalue weighted by Gasteiger charge is 2.19. The van der Waals surface area contributed by atoms with Gasteiger partial charge in [-0.05, 0) is 103 Å². The number of alkyl carbamates (subject to hydrolysis) is 3. The fourth-order valence-electron chi connectivity index (χ4n) is 5.27. The fraction of sp³-hybridized carbons (Fsp3) is 0.714. The Balaban J connectivity index is 0.000000985. The van der Waals surface area contributed by atoms with Crippen molar-refractivity contribution < 1.29 is 47.7 Å². The van der Waals surface area contributed by atoms with Crippen LogP contribution in [0.2, 0.25) is 0 Å². The number of unbranched alkanes of at least 4 members (excludes halogenated alkanes) is 2. The Morgan fingerprint density at radius 2 is 1.03 bits per heavy atom. The van der Waals surface area contributed by atoms with Crippen LogP contribution in [0.4, 0.5) is 14.4 Å². The van der Waals surface area contributed by atoms with E-state index in [9.17, 15) is 24.0 Å². The van der Waals surface area contributed by atoms with Gasteiger partial charge in [-0.1, -0.05) is 66.2 Å². The third-order valence-corrected chi connectivity index (χ3v) is 13.9. The van der Waals surface area contributed by atoms with Crippen LogP contribution in [-0.4, -0.2) is 86.7 Å². The van der Waals surface area contributed by atoms with Crippen molar-refractivity contribution in [2.45, 2.75) is 199 Å². The van der Waals surface area contributed by atoms with Gasteiger partial charge in [-0.3, -0.25) is 9.59 Å². The normalized spacial score (nSPS) is 11.9. The Morgan fingerprint density at radius 1 is 0.625 bits per heavy atom. The second-order valence-electron chi connectivity index (χ2n) is 19.1. The molecule has 0 saturated carbocycles. The number of thiazole rings is 3. The highest BCUT2D eigenvalue weighted by atomic mass is 79.9. The van der Waals surface area contributed by atoms with Crippen LogP contribution in [0.3, 0.4) is 0 Å². The lowest BCUT2D eigenvalue weighted by atomic mass is 10.0. The van der Waals surface area contributed by atoms with Gasteiger partial charge in [-0.25, -0.2) is 29.3 Å². The molecule has 0 radical (unpaired) electrons. The number of ether oxygens (including phenoxy) is 5. The average Bonchev–Trinajstić information content (AvgIpc) is 4.04. The Bertz CT molecular complexity index is 1900. The number of thiol groups is 2. The molecule has 412 valence electrons. The molecule has 0 aliphatic rings. The van der Waals surface area contributed by atoms with E-state index in [0.717, 1.165) is 46.5 Å². The van der Waals surface area contributed by atoms with Gasteiger partial charge in [0.25, 0.3) is 0 Å². The molecule has 23 heteroatoms. The number of thioether (sulfide) groups is 1. The van der Waals surface area contributed by atoms with E-state index in [4.69, 9.17) is 23.7 Å². The lowest BCUT2D eigenvalue weighted by Gasteiger charge is -2.19. The molecule has 3 aromatic rings. The van der Waals surface area contributed by atoms with E-state index in [2.05, 4.69) is 99.8 Å². The van der Waals surface area contributed by atoms with Gasteiger partial charge in [0, 0.05) is 11.5 Å². The van der Waals surface area contributed by atoms with E-state index < -0.39 is 35.1 Å². The third kappa shape index (κ3) is 40.5. The van der Waals surface area contributed by atoms with Crippen molar-refractivity contribution in [1.29, 1.82) is 0 Å². The predicted octanol–water partition coefficient (Wildman–Crippen LogP) is 13.9. The number of nitrogens with one attached hydrogen (secondary N) is 3. The summed E-state index contributed by atoms with van der Waals surface area (Å²) < 4.78 is 28.7. The van der Waals surface area contributed by atoms with Crippen molar-refractivity contribution in [3.63, 3.8) is 0 Å². The number of carbonyl (C=O) groups excluding carboxylic acids is 5. The molecule has 0 spiro atoms. The largest absolute Gasteiger partial charge is 0.465 e. The summed E-state index contributed by atoms with van der Waals surface area (Å²) in [6.45, 7) is 27.3. The van der Waals surface area contributed by atoms with Gasteiger partial charge in [0.2, 0.25) is 0 Å². The van der Waals surface area contributed by atoms with Crippen molar-refractivity contribution >= 4 is 117 Å². The van der Waals surface area contributed by atoms with Gasteiger partial charge in [0.1, 0.15) is 31.8 Å². The quantitative estimate of drug-likeness (QED) is 0.0245. The first-order valence-electron chi connectivity index (χ1n) is 24.3. The highest BCUT2D eigenvalue weighted by Crippen LogP contribution is 2.26. The van der Waals surface area contributed by atoms with Crippen LogP contribution in [0, 0.1) is 11.8 Å². The lowest BCUT2D eigenvalue weighted by molar-refractivity contribution is -0.145. The minimum absolute atomic E-state index is 0.116. The van der Waals surface area contributed by atoms with Gasteiger partial charge in [0.05, 0.1) is 76.5 Å². The van der Waals surface area contributed by atoms with Crippen LogP contribution in [0.15, 0.2) is 30.8 Å². The number of rotatable bonds is 24. The summed E-state index contributed by atoms with van der Waals surface area (Å²) in [5, 5.41) is 10.4. The minimum atomic E-state index is -0.518. The average molecular weight is 1190 g/mol. The van der Waals surface area contributed by atoms with Crippen LogP contribution < -0.4 is 16.0 Å². The van der Waals surface area contributed by atoms with E-state index in [1.807, 2.05) is 62.3 Å². The molecule has 0 aliphatic heterocycles. The summed E-state index contributed by atoms with van der Waals surface area (Å²) in [5.74, 6) is 1.99. The van der Waals surface area contributed by atoms with E-state index in [-0.39, 0.29) is 11.9 Å². The van der Waals surface area contributed by atoms with Gasteiger partial charge in [-0.2, -0.15) is 12.6 Å². The molecule has 72 heavy (non-hydrogen) atoms. The van der Waals surface area contributed by atoms with E-state index in [1.165, 1.54) is 66.1 Å². The molecule has 0 aromatic carbocycles. The number of esters is 2. The molecule has 3 aromatic heterocycles. The summed E-state index contributed by atoms with van der Waals surface area (Å²) in [6.07, 6.45) is 13.8. The second kappa shape index (κ2) is 38.7. The molecule has 0 fully saturated rings. The number of amides is 3. The topological polar surface area (TPSA) is 206 Å². The van der Waals surface area contributed by atoms with Crippen LogP contribution in [-0.2, 0) is 52.9 Å². The number of carbonyl (C=O) groups is 5. The minimum Gasteiger partial charge on any atom is -0.465 e. The lowest BCUT2D eigenvalue weighted by Crippen LogP contribution is -2.32. The molecule has 0 aliphatic carbocycles. The molecule has 0 saturated heterocycles. The third-order valence-electron chi connectivity index (χ3n) is 8.86. The summed E-state index contributed by atoms with van der Waals surface area (Å²) in [7, 11) is 0. The van der Waals surface area contributed by atoms with Crippen LogP contribution in [0.1, 0.15) is 169 Å². The van der Waals surface area contributed by atoms with Gasteiger partial charge < -0.3 is 39.6 Å². The standard InChI is InChI=1S/C20H34N2O4S2.C11H22O2S.C9H13BrN2O2S.C9H14N2O2S2/c1-6-8-9-15(7-2)14-25-17(23)10-11-27-18-13-21-16(28-18)12-22-19(24)26-20(3,4)5;1-3-5-6-10(4-2)9-13-11(12)7-8-14;1-9(2,3)14-8(13)12-5-7-11-4-6(10)15-7;1-9(2,3)13-8(12)11-4-6-10-5-7(14)15-6/h13,15H,6-12,14H2,1-5H3,(H,22,24);10,14H,3-9H2,1-2H3;4H,5H2,1-3H3,(H,12,13);5,14H,4H2,1-3H3,(H,11,12). The first-order valence-corrected chi connectivity index (χ1v) is 29.7. The Labute approximate surface area is 465 Å². The Morgan fingerprint density at radius 3 is 1.39 bits per heavy atom. The predicted molar refractivity (Wildman–Crippen MR) is 303 cm³/mol. The Hall–Kier alpha value is -2.83. The molecule has 0 bridgehead atoms. The molecule has 2 atom stereocenters. The summed E-state index contributed by atoms with van der Waals surface area (Å²) in [4.78, 5) is 69.6. The molecular formula is C49H83BrN6O10S6. The highest BCUT2D eigenvalue weighted by molar-refractivity contribution is 9.11. The SMILES string of the molecule is CC(C)(C)OC(=O)NCc1ncc(Br)s1.CC(C)(C)OC(=O)NCc1ncc(S)s1.CCCCC(CC)COC(=O)CCS.CCCCC(CC)COC(=O)CCSc1cnc(CNC(=O)OC(C)(C)C)s1. The number of hydrogen-bond acceptors (Lipinski definition) is 19. The van der Waals surface area contributed by atoms with Crippen molar-refractivity contribution in [3.05, 3.63) is 37.4 Å². The van der Waals surface area contributed by atoms with Crippen LogP contribution in [0.25, 0.3) is 0 Å². The zero-order chi connectivity index (χ0) is 54.8. The number of halogens is 1. The molecule has 3 heterocycles. The molecule has 2 unspecified atom stereocenters.